The Bertz CT molecular complexity index is 219. The van der Waals surface area contributed by atoms with E-state index in [9.17, 15) is 0 Å². The van der Waals surface area contributed by atoms with Crippen LogP contribution in [0, 0.1) is 5.41 Å². The Morgan fingerprint density at radius 2 is 2.00 bits per heavy atom. The van der Waals surface area contributed by atoms with E-state index in [2.05, 4.69) is 18.7 Å². The summed E-state index contributed by atoms with van der Waals surface area (Å²) in [5.74, 6) is 0. The van der Waals surface area contributed by atoms with Crippen molar-refractivity contribution in [1.29, 1.82) is 0 Å². The van der Waals surface area contributed by atoms with E-state index in [0.717, 1.165) is 19.6 Å². The second kappa shape index (κ2) is 3.19. The number of hydrogen-bond acceptors (Lipinski definition) is 3. The molecule has 2 fully saturated rings. The zero-order valence-corrected chi connectivity index (χ0v) is 9.55. The number of nitrogens with zero attached hydrogens (tertiary/aromatic N) is 1. The van der Waals surface area contributed by atoms with Crippen molar-refractivity contribution in [2.45, 2.75) is 38.3 Å². The highest BCUT2D eigenvalue weighted by molar-refractivity contribution is 5.13. The fraction of sp³-hybridized carbons (Fsp3) is 1.00. The normalized spacial score (nSPS) is 37.7. The van der Waals surface area contributed by atoms with Gasteiger partial charge >= 0.3 is 0 Å². The molecule has 14 heavy (non-hydrogen) atoms. The first-order valence-corrected chi connectivity index (χ1v) is 5.54. The van der Waals surface area contributed by atoms with Gasteiger partial charge in [-0.05, 0) is 18.3 Å². The van der Waals surface area contributed by atoms with Gasteiger partial charge in [0.1, 0.15) is 0 Å². The average Bonchev–Trinajstić information content (AvgIpc) is 2.08. The van der Waals surface area contributed by atoms with Gasteiger partial charge in [-0.3, -0.25) is 4.90 Å². The third-order valence-corrected chi connectivity index (χ3v) is 4.55. The third-order valence-electron chi connectivity index (χ3n) is 4.55. The van der Waals surface area contributed by atoms with Crippen LogP contribution in [0.1, 0.15) is 26.7 Å². The molecule has 0 spiro atoms. The quantitative estimate of drug-likeness (QED) is 0.730. The number of nitrogens with two attached hydrogens (primary N) is 1. The van der Waals surface area contributed by atoms with Gasteiger partial charge in [0.2, 0.25) is 0 Å². The first kappa shape index (κ1) is 10.4. The highest BCUT2D eigenvalue weighted by Crippen LogP contribution is 2.53. The molecule has 0 aromatic heterocycles. The predicted molar refractivity (Wildman–Crippen MR) is 57.2 cm³/mol. The monoisotopic (exact) mass is 198 g/mol. The van der Waals surface area contributed by atoms with Crippen molar-refractivity contribution in [3.05, 3.63) is 0 Å². The lowest BCUT2D eigenvalue weighted by molar-refractivity contribution is -0.166. The molecule has 1 aliphatic carbocycles. The maximum absolute atomic E-state index is 5.96. The van der Waals surface area contributed by atoms with Crippen molar-refractivity contribution in [3.63, 3.8) is 0 Å². The van der Waals surface area contributed by atoms with E-state index in [1.165, 1.54) is 12.8 Å². The average molecular weight is 198 g/mol. The highest BCUT2D eigenvalue weighted by Gasteiger charge is 2.58. The molecule has 0 aromatic carbocycles. The molecule has 3 heteroatoms. The molecule has 0 radical (unpaired) electrons. The zero-order valence-electron chi connectivity index (χ0n) is 9.55. The molecule has 1 saturated heterocycles. The summed E-state index contributed by atoms with van der Waals surface area (Å²) in [7, 11) is 1.79. The molecule has 0 bridgehead atoms. The molecule has 0 amide bonds. The van der Waals surface area contributed by atoms with Crippen LogP contribution >= 0.6 is 0 Å². The predicted octanol–water partition coefficient (Wildman–Crippen LogP) is 0.834. The lowest BCUT2D eigenvalue weighted by atomic mass is 9.55. The van der Waals surface area contributed by atoms with Crippen LogP contribution in [0.15, 0.2) is 0 Å². The van der Waals surface area contributed by atoms with Crippen molar-refractivity contribution in [2.24, 2.45) is 11.1 Å². The van der Waals surface area contributed by atoms with Crippen molar-refractivity contribution in [3.8, 4) is 0 Å². The molecule has 1 atom stereocenters. The second-order valence-corrected chi connectivity index (χ2v) is 5.38. The molecular formula is C11H22N2O. The standard InChI is InChI=1S/C11H22N2O/c1-10(2)4-5-11(10,8-12)13-6-9(7-13)14-3/h9H,4-8,12H2,1-3H3. The molecule has 82 valence electrons. The van der Waals surface area contributed by atoms with Crippen LogP contribution in [0.5, 0.6) is 0 Å². The fourth-order valence-electron chi connectivity index (χ4n) is 2.94. The summed E-state index contributed by atoms with van der Waals surface area (Å²) in [5.41, 5.74) is 6.61. The molecule has 3 nitrogen and oxygen atoms in total. The highest BCUT2D eigenvalue weighted by atomic mass is 16.5. The zero-order chi connectivity index (χ0) is 10.4. The maximum Gasteiger partial charge on any atom is 0.0825 e. The van der Waals surface area contributed by atoms with E-state index in [4.69, 9.17) is 10.5 Å². The van der Waals surface area contributed by atoms with E-state index >= 15 is 0 Å². The maximum atomic E-state index is 5.96. The van der Waals surface area contributed by atoms with Gasteiger partial charge in [-0.15, -0.1) is 0 Å². The lowest BCUT2D eigenvalue weighted by Gasteiger charge is -2.65. The van der Waals surface area contributed by atoms with Gasteiger partial charge in [-0.1, -0.05) is 13.8 Å². The molecule has 2 N–H and O–H groups in total. The first-order valence-electron chi connectivity index (χ1n) is 5.54. The van der Waals surface area contributed by atoms with Crippen LogP contribution in [-0.2, 0) is 4.74 Å². The van der Waals surface area contributed by atoms with Crippen LogP contribution in [0.4, 0.5) is 0 Å². The minimum Gasteiger partial charge on any atom is -0.379 e. The van der Waals surface area contributed by atoms with Gasteiger partial charge < -0.3 is 10.5 Å². The van der Waals surface area contributed by atoms with E-state index in [0.29, 0.717) is 11.5 Å². The molecule has 2 aliphatic rings. The summed E-state index contributed by atoms with van der Waals surface area (Å²) in [6.45, 7) is 7.59. The van der Waals surface area contributed by atoms with Gasteiger partial charge in [-0.2, -0.15) is 0 Å². The van der Waals surface area contributed by atoms with Gasteiger partial charge in [0.15, 0.2) is 0 Å². The molecule has 2 rings (SSSR count). The van der Waals surface area contributed by atoms with Gasteiger partial charge in [0.25, 0.3) is 0 Å². The minimum atomic E-state index is 0.266. The smallest absolute Gasteiger partial charge is 0.0825 e. The van der Waals surface area contributed by atoms with Crippen molar-refractivity contribution < 1.29 is 4.74 Å². The Hall–Kier alpha value is -0.120. The Morgan fingerprint density at radius 1 is 1.36 bits per heavy atom. The Balaban J connectivity index is 2.02. The molecule has 1 saturated carbocycles. The van der Waals surface area contributed by atoms with E-state index < -0.39 is 0 Å². The fourth-order valence-corrected chi connectivity index (χ4v) is 2.94. The summed E-state index contributed by atoms with van der Waals surface area (Å²) in [6, 6.07) is 0. The Labute approximate surface area is 86.6 Å². The molecular weight excluding hydrogens is 176 g/mol. The van der Waals surface area contributed by atoms with Crippen LogP contribution < -0.4 is 5.73 Å². The van der Waals surface area contributed by atoms with Gasteiger partial charge in [0, 0.05) is 32.3 Å². The molecule has 1 unspecified atom stereocenters. The first-order chi connectivity index (χ1) is 6.55. The number of rotatable bonds is 3. The largest absolute Gasteiger partial charge is 0.379 e. The van der Waals surface area contributed by atoms with E-state index in [1.54, 1.807) is 7.11 Å². The van der Waals surface area contributed by atoms with Crippen molar-refractivity contribution >= 4 is 0 Å². The Morgan fingerprint density at radius 3 is 2.29 bits per heavy atom. The molecule has 1 heterocycles. The number of hydrogen-bond donors (Lipinski definition) is 1. The summed E-state index contributed by atoms with van der Waals surface area (Å²) in [6.07, 6.45) is 3.00. The SMILES string of the molecule is COC1CN(C2(CN)CCC2(C)C)C1. The topological polar surface area (TPSA) is 38.5 Å². The van der Waals surface area contributed by atoms with Crippen LogP contribution in [0.3, 0.4) is 0 Å². The Kier molecular flexibility index (Phi) is 2.37. The van der Waals surface area contributed by atoms with E-state index in [-0.39, 0.29) is 5.54 Å². The number of methoxy groups -OCH3 is 1. The summed E-state index contributed by atoms with van der Waals surface area (Å²) < 4.78 is 5.31. The van der Waals surface area contributed by atoms with Crippen LogP contribution in [0.25, 0.3) is 0 Å². The minimum absolute atomic E-state index is 0.266. The lowest BCUT2D eigenvalue weighted by Crippen LogP contribution is -2.74. The van der Waals surface area contributed by atoms with Crippen molar-refractivity contribution in [1.82, 2.24) is 4.90 Å². The van der Waals surface area contributed by atoms with Gasteiger partial charge in [0.05, 0.1) is 6.10 Å². The molecule has 1 aliphatic heterocycles. The third kappa shape index (κ3) is 1.16. The second-order valence-electron chi connectivity index (χ2n) is 5.38. The van der Waals surface area contributed by atoms with E-state index in [1.807, 2.05) is 0 Å². The number of ether oxygens (including phenoxy) is 1. The molecule has 0 aromatic rings. The summed E-state index contributed by atoms with van der Waals surface area (Å²) >= 11 is 0. The van der Waals surface area contributed by atoms with Crippen LogP contribution in [-0.4, -0.2) is 43.3 Å². The summed E-state index contributed by atoms with van der Waals surface area (Å²) in [5, 5.41) is 0. The van der Waals surface area contributed by atoms with Crippen LogP contribution in [0.2, 0.25) is 0 Å². The number of likely N-dealkylation sites (tertiary alicyclic amines) is 1. The van der Waals surface area contributed by atoms with Gasteiger partial charge in [-0.25, -0.2) is 0 Å². The van der Waals surface area contributed by atoms with Crippen molar-refractivity contribution in [2.75, 3.05) is 26.7 Å². The summed E-state index contributed by atoms with van der Waals surface area (Å²) in [4.78, 5) is 2.52.